The molecule has 2 aromatic heterocycles. The Morgan fingerprint density at radius 3 is 2.88 bits per heavy atom. The summed E-state index contributed by atoms with van der Waals surface area (Å²) in [6, 6.07) is 10.7. The van der Waals surface area contributed by atoms with E-state index in [4.69, 9.17) is 0 Å². The van der Waals surface area contributed by atoms with Crippen molar-refractivity contribution in [3.05, 3.63) is 65.4 Å². The highest BCUT2D eigenvalue weighted by molar-refractivity contribution is 5.79. The zero-order chi connectivity index (χ0) is 18.4. The van der Waals surface area contributed by atoms with Gasteiger partial charge in [-0.1, -0.05) is 12.1 Å². The van der Waals surface area contributed by atoms with Crippen molar-refractivity contribution in [2.45, 2.75) is 26.8 Å². The first kappa shape index (κ1) is 17.8. The lowest BCUT2D eigenvalue weighted by atomic mass is 10.1. The maximum absolute atomic E-state index is 13.2. The van der Waals surface area contributed by atoms with Gasteiger partial charge in [0.05, 0.1) is 0 Å². The second kappa shape index (κ2) is 8.42. The molecule has 1 aromatic carbocycles. The largest absolute Gasteiger partial charge is 0.357 e. The Morgan fingerprint density at radius 1 is 1.19 bits per heavy atom. The monoisotopic (exact) mass is 354 g/mol. The predicted molar refractivity (Wildman–Crippen MR) is 101 cm³/mol. The number of nitrogens with one attached hydrogen (secondary N) is 2. The average Bonchev–Trinajstić information content (AvgIpc) is 3.05. The Bertz CT molecular complexity index is 902. The summed E-state index contributed by atoms with van der Waals surface area (Å²) in [7, 11) is 0. The van der Waals surface area contributed by atoms with Crippen molar-refractivity contribution in [2.24, 2.45) is 4.99 Å². The number of hydrogen-bond donors (Lipinski definition) is 2. The first-order chi connectivity index (χ1) is 12.7. The minimum Gasteiger partial charge on any atom is -0.357 e. The molecule has 3 aromatic rings. The summed E-state index contributed by atoms with van der Waals surface area (Å²) < 4.78 is 15.1. The summed E-state index contributed by atoms with van der Waals surface area (Å²) in [5, 5.41) is 14.9. The van der Waals surface area contributed by atoms with Crippen molar-refractivity contribution < 1.29 is 4.39 Å². The van der Waals surface area contributed by atoms with Crippen LogP contribution in [0.25, 0.3) is 5.65 Å². The number of aromatic nitrogens is 3. The summed E-state index contributed by atoms with van der Waals surface area (Å²) >= 11 is 0. The number of aliphatic imine (C=N–C) groups is 1. The van der Waals surface area contributed by atoms with Gasteiger partial charge in [-0.3, -0.25) is 4.40 Å². The summed E-state index contributed by atoms with van der Waals surface area (Å²) in [5.74, 6) is 1.31. The number of fused-ring (bicyclic) bond motifs is 1. The molecule has 0 radical (unpaired) electrons. The van der Waals surface area contributed by atoms with Crippen LogP contribution in [0.3, 0.4) is 0 Å². The van der Waals surface area contributed by atoms with E-state index in [9.17, 15) is 4.39 Å². The van der Waals surface area contributed by atoms with Gasteiger partial charge in [-0.05, 0) is 55.7 Å². The standard InChI is InChI=1S/C19H23FN6/c1-3-21-19(22-10-9-15-7-8-16(20)12-14(15)2)23-13-18-25-24-17-6-4-5-11-26(17)18/h4-8,11-12H,3,9-10,13H2,1-2H3,(H2,21,22,23). The van der Waals surface area contributed by atoms with Gasteiger partial charge in [0.1, 0.15) is 12.4 Å². The summed E-state index contributed by atoms with van der Waals surface area (Å²) in [6.07, 6.45) is 2.72. The van der Waals surface area contributed by atoms with E-state index < -0.39 is 0 Å². The van der Waals surface area contributed by atoms with Gasteiger partial charge < -0.3 is 10.6 Å². The third-order valence-electron chi connectivity index (χ3n) is 4.10. The normalized spacial score (nSPS) is 11.7. The lowest BCUT2D eigenvalue weighted by molar-refractivity contribution is 0.625. The van der Waals surface area contributed by atoms with E-state index in [-0.39, 0.29) is 5.82 Å². The third kappa shape index (κ3) is 4.36. The van der Waals surface area contributed by atoms with Crippen molar-refractivity contribution >= 4 is 11.6 Å². The number of nitrogens with zero attached hydrogens (tertiary/aromatic N) is 4. The van der Waals surface area contributed by atoms with Crippen LogP contribution < -0.4 is 10.6 Å². The Kier molecular flexibility index (Phi) is 5.78. The molecule has 6 nitrogen and oxygen atoms in total. The maximum Gasteiger partial charge on any atom is 0.191 e. The molecular weight excluding hydrogens is 331 g/mol. The van der Waals surface area contributed by atoms with Crippen molar-refractivity contribution in [3.8, 4) is 0 Å². The molecule has 0 spiro atoms. The Balaban J connectivity index is 1.62. The molecule has 0 unspecified atom stereocenters. The van der Waals surface area contributed by atoms with E-state index in [0.717, 1.165) is 41.5 Å². The molecule has 0 bridgehead atoms. The molecule has 2 N–H and O–H groups in total. The number of halogens is 1. The van der Waals surface area contributed by atoms with Gasteiger partial charge in [0, 0.05) is 19.3 Å². The number of hydrogen-bond acceptors (Lipinski definition) is 3. The molecule has 0 aliphatic heterocycles. The number of benzene rings is 1. The Morgan fingerprint density at radius 2 is 2.08 bits per heavy atom. The molecule has 0 fully saturated rings. The third-order valence-corrected chi connectivity index (χ3v) is 4.10. The molecule has 3 rings (SSSR count). The minimum atomic E-state index is -0.199. The quantitative estimate of drug-likeness (QED) is 0.527. The van der Waals surface area contributed by atoms with E-state index in [1.807, 2.05) is 48.7 Å². The van der Waals surface area contributed by atoms with Gasteiger partial charge in [-0.15, -0.1) is 10.2 Å². The summed E-state index contributed by atoms with van der Waals surface area (Å²) in [5.41, 5.74) is 2.89. The second-order valence-electron chi connectivity index (χ2n) is 5.99. The highest BCUT2D eigenvalue weighted by Gasteiger charge is 2.05. The van der Waals surface area contributed by atoms with Crippen molar-refractivity contribution in [2.75, 3.05) is 13.1 Å². The second-order valence-corrected chi connectivity index (χ2v) is 5.99. The highest BCUT2D eigenvalue weighted by Crippen LogP contribution is 2.10. The number of aryl methyl sites for hydroxylation is 1. The molecular formula is C19H23FN6. The van der Waals surface area contributed by atoms with Crippen LogP contribution in [0, 0.1) is 12.7 Å². The van der Waals surface area contributed by atoms with Crippen LogP contribution in [0.2, 0.25) is 0 Å². The molecule has 0 aliphatic carbocycles. The van der Waals surface area contributed by atoms with E-state index >= 15 is 0 Å². The van der Waals surface area contributed by atoms with Gasteiger partial charge in [-0.25, -0.2) is 9.38 Å². The molecule has 7 heteroatoms. The van der Waals surface area contributed by atoms with E-state index in [0.29, 0.717) is 13.1 Å². The molecule has 2 heterocycles. The van der Waals surface area contributed by atoms with Gasteiger partial charge in [0.25, 0.3) is 0 Å². The van der Waals surface area contributed by atoms with Crippen LogP contribution in [0.1, 0.15) is 23.9 Å². The van der Waals surface area contributed by atoms with Crippen molar-refractivity contribution in [1.82, 2.24) is 25.2 Å². The molecule has 0 amide bonds. The average molecular weight is 354 g/mol. The van der Waals surface area contributed by atoms with E-state index in [1.54, 1.807) is 6.07 Å². The maximum atomic E-state index is 13.2. The fraction of sp³-hybridized carbons (Fsp3) is 0.316. The molecule has 0 saturated carbocycles. The molecule has 0 aliphatic rings. The Labute approximate surface area is 152 Å². The number of rotatable bonds is 6. The van der Waals surface area contributed by atoms with Crippen LogP contribution in [-0.2, 0) is 13.0 Å². The molecule has 26 heavy (non-hydrogen) atoms. The van der Waals surface area contributed by atoms with Crippen LogP contribution in [0.5, 0.6) is 0 Å². The first-order valence-electron chi connectivity index (χ1n) is 8.73. The van der Waals surface area contributed by atoms with Crippen LogP contribution in [0.4, 0.5) is 4.39 Å². The van der Waals surface area contributed by atoms with Gasteiger partial charge in [0.15, 0.2) is 17.4 Å². The Hall–Kier alpha value is -2.96. The van der Waals surface area contributed by atoms with Crippen LogP contribution in [0.15, 0.2) is 47.6 Å². The fourth-order valence-electron chi connectivity index (χ4n) is 2.75. The fourth-order valence-corrected chi connectivity index (χ4v) is 2.75. The lowest BCUT2D eigenvalue weighted by Crippen LogP contribution is -2.38. The van der Waals surface area contributed by atoms with Crippen molar-refractivity contribution in [1.29, 1.82) is 0 Å². The summed E-state index contributed by atoms with van der Waals surface area (Å²) in [4.78, 5) is 4.58. The number of pyridine rings is 1. The zero-order valence-corrected chi connectivity index (χ0v) is 15.0. The van der Waals surface area contributed by atoms with Gasteiger partial charge in [-0.2, -0.15) is 0 Å². The van der Waals surface area contributed by atoms with E-state index in [2.05, 4.69) is 25.8 Å². The smallest absolute Gasteiger partial charge is 0.191 e. The first-order valence-corrected chi connectivity index (χ1v) is 8.73. The highest BCUT2D eigenvalue weighted by atomic mass is 19.1. The van der Waals surface area contributed by atoms with Crippen LogP contribution >= 0.6 is 0 Å². The molecule has 136 valence electrons. The topological polar surface area (TPSA) is 66.6 Å². The summed E-state index contributed by atoms with van der Waals surface area (Å²) in [6.45, 7) is 5.85. The SMILES string of the molecule is CCNC(=NCc1nnc2ccccn12)NCCc1ccc(F)cc1C. The van der Waals surface area contributed by atoms with Crippen LogP contribution in [-0.4, -0.2) is 33.6 Å². The minimum absolute atomic E-state index is 0.199. The lowest BCUT2D eigenvalue weighted by Gasteiger charge is -2.12. The predicted octanol–water partition coefficient (Wildman–Crippen LogP) is 2.47. The number of guanidine groups is 1. The van der Waals surface area contributed by atoms with Gasteiger partial charge in [0.2, 0.25) is 0 Å². The van der Waals surface area contributed by atoms with Crippen molar-refractivity contribution in [3.63, 3.8) is 0 Å². The van der Waals surface area contributed by atoms with Gasteiger partial charge >= 0.3 is 0 Å². The molecule has 0 saturated heterocycles. The molecule has 0 atom stereocenters. The zero-order valence-electron chi connectivity index (χ0n) is 15.0. The van der Waals surface area contributed by atoms with E-state index in [1.165, 1.54) is 6.07 Å².